The zero-order valence-corrected chi connectivity index (χ0v) is 12.8. The molecule has 23 heavy (non-hydrogen) atoms. The molecule has 0 bridgehead atoms. The molecule has 2 amide bonds. The van der Waals surface area contributed by atoms with E-state index < -0.39 is 0 Å². The molecule has 0 spiro atoms. The molecular weight excluding hydrogens is 286 g/mol. The van der Waals surface area contributed by atoms with Crippen LogP contribution in [0.25, 0.3) is 11.1 Å². The van der Waals surface area contributed by atoms with Gasteiger partial charge in [-0.3, -0.25) is 5.32 Å². The molecule has 4 heteroatoms. The minimum atomic E-state index is -0.310. The van der Waals surface area contributed by atoms with Gasteiger partial charge in [0.05, 0.1) is 0 Å². The van der Waals surface area contributed by atoms with Crippen molar-refractivity contribution in [2.45, 2.75) is 6.92 Å². The first kappa shape index (κ1) is 14.8. The zero-order chi connectivity index (χ0) is 16.1. The molecule has 2 N–H and O–H groups in total. The quantitative estimate of drug-likeness (QED) is 0.736. The molecule has 1 heterocycles. The summed E-state index contributed by atoms with van der Waals surface area (Å²) in [4.78, 5) is 16.2. The maximum atomic E-state index is 12.0. The van der Waals surface area contributed by atoms with Gasteiger partial charge in [0.25, 0.3) is 0 Å². The molecule has 0 unspecified atom stereocenters. The van der Waals surface area contributed by atoms with E-state index in [0.29, 0.717) is 5.82 Å². The van der Waals surface area contributed by atoms with Crippen LogP contribution in [0.3, 0.4) is 0 Å². The van der Waals surface area contributed by atoms with Gasteiger partial charge in [0, 0.05) is 11.4 Å². The van der Waals surface area contributed by atoms with Crippen LogP contribution in [0.1, 0.15) is 5.69 Å². The lowest BCUT2D eigenvalue weighted by Gasteiger charge is -2.08. The first-order valence-electron chi connectivity index (χ1n) is 7.38. The summed E-state index contributed by atoms with van der Waals surface area (Å²) >= 11 is 0. The topological polar surface area (TPSA) is 54.0 Å². The predicted octanol–water partition coefficient (Wildman–Crippen LogP) is 4.70. The Labute approximate surface area is 135 Å². The SMILES string of the molecule is Cc1cccc(NC(=O)Nc2ccc(-c3ccccc3)cc2)n1. The van der Waals surface area contributed by atoms with Gasteiger partial charge in [-0.15, -0.1) is 0 Å². The number of aromatic nitrogens is 1. The molecule has 3 aromatic rings. The van der Waals surface area contributed by atoms with E-state index in [4.69, 9.17) is 0 Å². The number of urea groups is 1. The maximum absolute atomic E-state index is 12.0. The standard InChI is InChI=1S/C19H17N3O/c1-14-6-5-9-18(20-14)22-19(23)21-17-12-10-16(11-13-17)15-7-3-2-4-8-15/h2-13H,1H3,(H2,20,21,22,23). The fraction of sp³-hybridized carbons (Fsp3) is 0.0526. The van der Waals surface area contributed by atoms with Crippen LogP contribution in [-0.4, -0.2) is 11.0 Å². The Balaban J connectivity index is 1.65. The summed E-state index contributed by atoms with van der Waals surface area (Å²) in [7, 11) is 0. The lowest BCUT2D eigenvalue weighted by Crippen LogP contribution is -2.20. The molecule has 0 radical (unpaired) electrons. The van der Waals surface area contributed by atoms with Crippen LogP contribution in [-0.2, 0) is 0 Å². The lowest BCUT2D eigenvalue weighted by atomic mass is 10.1. The van der Waals surface area contributed by atoms with Crippen LogP contribution in [0.15, 0.2) is 72.8 Å². The summed E-state index contributed by atoms with van der Waals surface area (Å²) in [6.07, 6.45) is 0. The third kappa shape index (κ3) is 3.95. The molecule has 0 aliphatic carbocycles. The van der Waals surface area contributed by atoms with Gasteiger partial charge in [-0.25, -0.2) is 9.78 Å². The predicted molar refractivity (Wildman–Crippen MR) is 93.5 cm³/mol. The number of pyridine rings is 1. The van der Waals surface area contributed by atoms with Crippen molar-refractivity contribution < 1.29 is 4.79 Å². The normalized spacial score (nSPS) is 10.1. The highest BCUT2D eigenvalue weighted by molar-refractivity contribution is 5.99. The van der Waals surface area contributed by atoms with Gasteiger partial charge in [0.15, 0.2) is 0 Å². The number of hydrogen-bond acceptors (Lipinski definition) is 2. The van der Waals surface area contributed by atoms with E-state index in [0.717, 1.165) is 22.5 Å². The zero-order valence-electron chi connectivity index (χ0n) is 12.8. The van der Waals surface area contributed by atoms with Crippen LogP contribution in [0.2, 0.25) is 0 Å². The Morgan fingerprint density at radius 1 is 0.783 bits per heavy atom. The second-order valence-electron chi connectivity index (χ2n) is 5.19. The number of rotatable bonds is 3. The van der Waals surface area contributed by atoms with Gasteiger partial charge in [0.1, 0.15) is 5.82 Å². The molecule has 3 rings (SSSR count). The van der Waals surface area contributed by atoms with E-state index in [1.54, 1.807) is 6.07 Å². The Bertz CT molecular complexity index is 798. The summed E-state index contributed by atoms with van der Waals surface area (Å²) in [5.41, 5.74) is 3.84. The van der Waals surface area contributed by atoms with Crippen LogP contribution in [0.5, 0.6) is 0 Å². The number of benzene rings is 2. The number of carbonyl (C=O) groups is 1. The highest BCUT2D eigenvalue weighted by Crippen LogP contribution is 2.21. The second-order valence-corrected chi connectivity index (χ2v) is 5.19. The average Bonchev–Trinajstić information content (AvgIpc) is 2.56. The van der Waals surface area contributed by atoms with Gasteiger partial charge in [-0.05, 0) is 42.3 Å². The Hall–Kier alpha value is -3.14. The number of nitrogens with one attached hydrogen (secondary N) is 2. The first-order chi connectivity index (χ1) is 11.2. The van der Waals surface area contributed by atoms with Crippen molar-refractivity contribution in [1.82, 2.24) is 4.98 Å². The Kier molecular flexibility index (Phi) is 4.34. The molecule has 1 aromatic heterocycles. The van der Waals surface area contributed by atoms with Gasteiger partial charge >= 0.3 is 6.03 Å². The fourth-order valence-corrected chi connectivity index (χ4v) is 2.27. The smallest absolute Gasteiger partial charge is 0.308 e. The summed E-state index contributed by atoms with van der Waals surface area (Å²) < 4.78 is 0. The largest absolute Gasteiger partial charge is 0.324 e. The van der Waals surface area contributed by atoms with Crippen molar-refractivity contribution >= 4 is 17.5 Å². The van der Waals surface area contributed by atoms with Crippen molar-refractivity contribution in [2.24, 2.45) is 0 Å². The molecular formula is C19H17N3O. The average molecular weight is 303 g/mol. The van der Waals surface area contributed by atoms with Crippen LogP contribution >= 0.6 is 0 Å². The van der Waals surface area contributed by atoms with Crippen molar-refractivity contribution in [3.8, 4) is 11.1 Å². The lowest BCUT2D eigenvalue weighted by molar-refractivity contribution is 0.262. The van der Waals surface area contributed by atoms with Crippen molar-refractivity contribution in [3.63, 3.8) is 0 Å². The summed E-state index contributed by atoms with van der Waals surface area (Å²) in [6.45, 7) is 1.88. The summed E-state index contributed by atoms with van der Waals surface area (Å²) in [6, 6.07) is 23.0. The number of amides is 2. The minimum absolute atomic E-state index is 0.310. The molecule has 4 nitrogen and oxygen atoms in total. The highest BCUT2D eigenvalue weighted by Gasteiger charge is 2.04. The van der Waals surface area contributed by atoms with Crippen molar-refractivity contribution in [2.75, 3.05) is 10.6 Å². The number of aryl methyl sites for hydroxylation is 1. The van der Waals surface area contributed by atoms with E-state index in [1.165, 1.54) is 0 Å². The molecule has 0 atom stereocenters. The maximum Gasteiger partial charge on any atom is 0.324 e. The number of hydrogen-bond donors (Lipinski definition) is 2. The van der Waals surface area contributed by atoms with Gasteiger partial charge in [0.2, 0.25) is 0 Å². The van der Waals surface area contributed by atoms with E-state index in [2.05, 4.69) is 27.8 Å². The third-order valence-electron chi connectivity index (χ3n) is 3.38. The van der Waals surface area contributed by atoms with E-state index >= 15 is 0 Å². The molecule has 0 aliphatic heterocycles. The number of anilines is 2. The number of carbonyl (C=O) groups excluding carboxylic acids is 1. The monoisotopic (exact) mass is 303 g/mol. The molecule has 0 fully saturated rings. The highest BCUT2D eigenvalue weighted by atomic mass is 16.2. The Morgan fingerprint density at radius 2 is 1.48 bits per heavy atom. The van der Waals surface area contributed by atoms with E-state index in [-0.39, 0.29) is 6.03 Å². The molecule has 0 saturated carbocycles. The molecule has 2 aromatic carbocycles. The molecule has 114 valence electrons. The van der Waals surface area contributed by atoms with E-state index in [9.17, 15) is 4.79 Å². The fourth-order valence-electron chi connectivity index (χ4n) is 2.27. The minimum Gasteiger partial charge on any atom is -0.308 e. The van der Waals surface area contributed by atoms with Crippen LogP contribution < -0.4 is 10.6 Å². The Morgan fingerprint density at radius 3 is 2.17 bits per heavy atom. The van der Waals surface area contributed by atoms with Gasteiger partial charge in [-0.2, -0.15) is 0 Å². The number of nitrogens with zero attached hydrogens (tertiary/aromatic N) is 1. The van der Waals surface area contributed by atoms with Crippen molar-refractivity contribution in [3.05, 3.63) is 78.5 Å². The van der Waals surface area contributed by atoms with E-state index in [1.807, 2.05) is 61.5 Å². The molecule has 0 aliphatic rings. The summed E-state index contributed by atoms with van der Waals surface area (Å²) in [5.74, 6) is 0.531. The molecule has 0 saturated heterocycles. The van der Waals surface area contributed by atoms with Gasteiger partial charge < -0.3 is 5.32 Å². The summed E-state index contributed by atoms with van der Waals surface area (Å²) in [5, 5.41) is 5.51. The third-order valence-corrected chi connectivity index (χ3v) is 3.38. The first-order valence-corrected chi connectivity index (χ1v) is 7.38. The van der Waals surface area contributed by atoms with Crippen molar-refractivity contribution in [1.29, 1.82) is 0 Å². The second kappa shape index (κ2) is 6.75. The van der Waals surface area contributed by atoms with Gasteiger partial charge in [-0.1, -0.05) is 48.5 Å². The van der Waals surface area contributed by atoms with Crippen LogP contribution in [0, 0.1) is 6.92 Å². The van der Waals surface area contributed by atoms with Crippen LogP contribution in [0.4, 0.5) is 16.3 Å².